The highest BCUT2D eigenvalue weighted by atomic mass is 33.5. The molecule has 0 bridgehead atoms. The SMILES string of the molecule is SSSc1ncccn1. The van der Waals surface area contributed by atoms with E-state index in [1.54, 1.807) is 18.5 Å². The van der Waals surface area contributed by atoms with Gasteiger partial charge in [-0.15, -0.1) is 0 Å². The van der Waals surface area contributed by atoms with Crippen LogP contribution in [-0.2, 0) is 0 Å². The van der Waals surface area contributed by atoms with Gasteiger partial charge in [0.1, 0.15) is 0 Å². The molecule has 0 atom stereocenters. The van der Waals surface area contributed by atoms with Crippen molar-refractivity contribution in [2.24, 2.45) is 0 Å². The number of hydrogen-bond acceptors (Lipinski definition) is 5. The zero-order chi connectivity index (χ0) is 6.53. The second-order valence-electron chi connectivity index (χ2n) is 1.19. The fourth-order valence-corrected chi connectivity index (χ4v) is 1.69. The molecule has 0 fully saturated rings. The Bertz CT molecular complexity index is 167. The van der Waals surface area contributed by atoms with Crippen molar-refractivity contribution in [1.82, 2.24) is 9.97 Å². The van der Waals surface area contributed by atoms with Crippen LogP contribution in [0.25, 0.3) is 0 Å². The zero-order valence-electron chi connectivity index (χ0n) is 4.39. The van der Waals surface area contributed by atoms with Crippen LogP contribution >= 0.6 is 32.3 Å². The van der Waals surface area contributed by atoms with Crippen molar-refractivity contribution in [3.63, 3.8) is 0 Å². The maximum Gasteiger partial charge on any atom is 0.199 e. The van der Waals surface area contributed by atoms with Crippen molar-refractivity contribution in [3.05, 3.63) is 18.5 Å². The van der Waals surface area contributed by atoms with Gasteiger partial charge in [-0.2, -0.15) is 0 Å². The molecule has 9 heavy (non-hydrogen) atoms. The first-order chi connectivity index (χ1) is 4.43. The number of aromatic nitrogens is 2. The van der Waals surface area contributed by atoms with Crippen molar-refractivity contribution < 1.29 is 0 Å². The molecular weight excluding hydrogens is 172 g/mol. The standard InChI is InChI=1S/C4H4N2S3/c7-9-8-4-5-2-1-3-6-4/h1-3,7H. The normalized spacial score (nSPS) is 9.44. The highest BCUT2D eigenvalue weighted by Crippen LogP contribution is 2.29. The first-order valence-electron chi connectivity index (χ1n) is 2.18. The molecule has 2 nitrogen and oxygen atoms in total. The molecule has 1 rings (SSSR count). The Labute approximate surface area is 66.1 Å². The largest absolute Gasteiger partial charge is 0.230 e. The van der Waals surface area contributed by atoms with E-state index in [1.807, 2.05) is 0 Å². The van der Waals surface area contributed by atoms with Crippen LogP contribution in [0.1, 0.15) is 0 Å². The van der Waals surface area contributed by atoms with E-state index in [1.165, 1.54) is 20.6 Å². The summed E-state index contributed by atoms with van der Waals surface area (Å²) in [6.07, 6.45) is 3.42. The summed E-state index contributed by atoms with van der Waals surface area (Å²) >= 11 is 3.93. The summed E-state index contributed by atoms with van der Waals surface area (Å²) < 4.78 is 0. The van der Waals surface area contributed by atoms with Crippen LogP contribution < -0.4 is 0 Å². The molecule has 0 aliphatic heterocycles. The number of hydrogen-bond donors (Lipinski definition) is 1. The van der Waals surface area contributed by atoms with Gasteiger partial charge in [0.05, 0.1) is 0 Å². The fourth-order valence-electron chi connectivity index (χ4n) is 0.362. The zero-order valence-corrected chi connectivity index (χ0v) is 6.92. The Morgan fingerprint density at radius 1 is 1.33 bits per heavy atom. The molecule has 0 aliphatic rings. The van der Waals surface area contributed by atoms with Crippen LogP contribution in [0.3, 0.4) is 0 Å². The number of nitrogens with zero attached hydrogens (tertiary/aromatic N) is 2. The van der Waals surface area contributed by atoms with Crippen molar-refractivity contribution in [2.75, 3.05) is 0 Å². The van der Waals surface area contributed by atoms with E-state index in [-0.39, 0.29) is 0 Å². The number of rotatable bonds is 2. The smallest absolute Gasteiger partial charge is 0.199 e. The van der Waals surface area contributed by atoms with Gasteiger partial charge in [-0.3, -0.25) is 0 Å². The Morgan fingerprint density at radius 3 is 2.56 bits per heavy atom. The molecule has 0 aromatic carbocycles. The van der Waals surface area contributed by atoms with Crippen LogP contribution in [0.5, 0.6) is 0 Å². The van der Waals surface area contributed by atoms with E-state index in [9.17, 15) is 0 Å². The lowest BCUT2D eigenvalue weighted by Crippen LogP contribution is -1.78. The summed E-state index contributed by atoms with van der Waals surface area (Å²) in [4.78, 5) is 7.90. The van der Waals surface area contributed by atoms with Gasteiger partial charge < -0.3 is 0 Å². The summed E-state index contributed by atoms with van der Waals surface area (Å²) in [5, 5.41) is 0.748. The molecule has 0 N–H and O–H groups in total. The topological polar surface area (TPSA) is 25.8 Å². The molecule has 48 valence electrons. The van der Waals surface area contributed by atoms with Crippen molar-refractivity contribution in [3.8, 4) is 0 Å². The van der Waals surface area contributed by atoms with Gasteiger partial charge in [0.25, 0.3) is 0 Å². The molecule has 1 aromatic heterocycles. The molecule has 5 heteroatoms. The van der Waals surface area contributed by atoms with Gasteiger partial charge in [-0.1, -0.05) is 11.7 Å². The minimum atomic E-state index is 0.748. The molecule has 0 saturated heterocycles. The predicted octanol–water partition coefficient (Wildman–Crippen LogP) is 2.06. The van der Waals surface area contributed by atoms with Gasteiger partial charge >= 0.3 is 0 Å². The molecule has 0 unspecified atom stereocenters. The van der Waals surface area contributed by atoms with Crippen LogP contribution in [0.2, 0.25) is 0 Å². The lowest BCUT2D eigenvalue weighted by Gasteiger charge is -1.89. The molecule has 0 radical (unpaired) electrons. The predicted molar refractivity (Wildman–Crippen MR) is 44.5 cm³/mol. The molecule has 0 amide bonds. The van der Waals surface area contributed by atoms with Gasteiger partial charge in [-0.05, 0) is 26.7 Å². The highest BCUT2D eigenvalue weighted by molar-refractivity contribution is 9.05. The van der Waals surface area contributed by atoms with E-state index in [0.29, 0.717) is 0 Å². The van der Waals surface area contributed by atoms with Gasteiger partial charge in [0.15, 0.2) is 5.16 Å². The fraction of sp³-hybridized carbons (Fsp3) is 0. The van der Waals surface area contributed by atoms with E-state index in [0.717, 1.165) is 5.16 Å². The summed E-state index contributed by atoms with van der Waals surface area (Å²) in [5.41, 5.74) is 0. The van der Waals surface area contributed by atoms with E-state index >= 15 is 0 Å². The van der Waals surface area contributed by atoms with Crippen LogP contribution in [0.4, 0.5) is 0 Å². The van der Waals surface area contributed by atoms with Crippen molar-refractivity contribution in [1.29, 1.82) is 0 Å². The molecule has 0 aliphatic carbocycles. The lowest BCUT2D eigenvalue weighted by atomic mass is 10.7. The third-order valence-electron chi connectivity index (χ3n) is 0.654. The van der Waals surface area contributed by atoms with Crippen LogP contribution in [0.15, 0.2) is 23.6 Å². The summed E-state index contributed by atoms with van der Waals surface area (Å²) in [6, 6.07) is 1.78. The lowest BCUT2D eigenvalue weighted by molar-refractivity contribution is 0.973. The summed E-state index contributed by atoms with van der Waals surface area (Å²) in [7, 11) is 2.77. The first kappa shape index (κ1) is 7.24. The highest BCUT2D eigenvalue weighted by Gasteiger charge is 1.90. The molecular formula is C4H4N2S3. The maximum atomic E-state index is 3.95. The van der Waals surface area contributed by atoms with Gasteiger partial charge in [0, 0.05) is 12.4 Å². The summed E-state index contributed by atoms with van der Waals surface area (Å²) in [6.45, 7) is 0. The number of thiol groups is 1. The monoisotopic (exact) mass is 176 g/mol. The van der Waals surface area contributed by atoms with Crippen LogP contribution in [-0.4, -0.2) is 9.97 Å². The average Bonchev–Trinajstić information content (AvgIpc) is 1.91. The van der Waals surface area contributed by atoms with Gasteiger partial charge in [-0.25, -0.2) is 9.97 Å². The van der Waals surface area contributed by atoms with E-state index in [4.69, 9.17) is 0 Å². The van der Waals surface area contributed by atoms with E-state index < -0.39 is 0 Å². The molecule has 1 aromatic rings. The van der Waals surface area contributed by atoms with Gasteiger partial charge in [0.2, 0.25) is 0 Å². The molecule has 0 spiro atoms. The molecule has 0 saturated carbocycles. The second kappa shape index (κ2) is 4.03. The Morgan fingerprint density at radius 2 is 2.00 bits per heavy atom. The van der Waals surface area contributed by atoms with Crippen molar-refractivity contribution in [2.45, 2.75) is 5.16 Å². The Balaban J connectivity index is 2.61. The Kier molecular flexibility index (Phi) is 3.24. The quantitative estimate of drug-likeness (QED) is 0.424. The minimum Gasteiger partial charge on any atom is -0.230 e. The second-order valence-corrected chi connectivity index (χ2v) is 4.16. The third kappa shape index (κ3) is 2.47. The molecule has 1 heterocycles. The maximum absolute atomic E-state index is 3.95. The average molecular weight is 176 g/mol. The van der Waals surface area contributed by atoms with Crippen molar-refractivity contribution >= 4 is 32.3 Å². The Hall–Kier alpha value is 0.130. The summed E-state index contributed by atoms with van der Waals surface area (Å²) in [5.74, 6) is 0. The minimum absolute atomic E-state index is 0.748. The third-order valence-corrected chi connectivity index (χ3v) is 2.43. The van der Waals surface area contributed by atoms with E-state index in [2.05, 4.69) is 21.6 Å². The van der Waals surface area contributed by atoms with Crippen LogP contribution in [0, 0.1) is 0 Å². The first-order valence-corrected chi connectivity index (χ1v) is 5.39.